The first kappa shape index (κ1) is 14.1. The molecule has 0 aliphatic rings. The highest BCUT2D eigenvalue weighted by molar-refractivity contribution is 6.31. The van der Waals surface area contributed by atoms with Gasteiger partial charge in [-0.2, -0.15) is 5.10 Å². The Morgan fingerprint density at radius 3 is 2.79 bits per heavy atom. The van der Waals surface area contributed by atoms with Gasteiger partial charge in [-0.25, -0.2) is 0 Å². The molecule has 1 aromatic heterocycles. The van der Waals surface area contributed by atoms with Crippen LogP contribution in [0.3, 0.4) is 0 Å². The van der Waals surface area contributed by atoms with Gasteiger partial charge in [-0.05, 0) is 38.5 Å². The van der Waals surface area contributed by atoms with Crippen molar-refractivity contribution >= 4 is 11.6 Å². The van der Waals surface area contributed by atoms with E-state index >= 15 is 0 Å². The Hall–Kier alpha value is -1.32. The van der Waals surface area contributed by atoms with Crippen LogP contribution in [0.4, 0.5) is 0 Å². The van der Waals surface area contributed by atoms with Gasteiger partial charge in [-0.15, -0.1) is 0 Å². The van der Waals surface area contributed by atoms with Gasteiger partial charge in [0.25, 0.3) is 0 Å². The van der Waals surface area contributed by atoms with E-state index in [4.69, 9.17) is 11.6 Å². The summed E-state index contributed by atoms with van der Waals surface area (Å²) < 4.78 is 2.03. The summed E-state index contributed by atoms with van der Waals surface area (Å²) in [5.41, 5.74) is 3.39. The molecule has 0 saturated heterocycles. The number of halogens is 1. The van der Waals surface area contributed by atoms with E-state index in [1.807, 2.05) is 29.8 Å². The number of nitrogens with one attached hydrogen (secondary N) is 1. The summed E-state index contributed by atoms with van der Waals surface area (Å²) in [6, 6.07) is 10.3. The molecule has 4 heteroatoms. The maximum absolute atomic E-state index is 6.21. The van der Waals surface area contributed by atoms with Crippen LogP contribution in [-0.4, -0.2) is 9.78 Å². The molecule has 19 heavy (non-hydrogen) atoms. The summed E-state index contributed by atoms with van der Waals surface area (Å²) in [6.45, 7) is 7.94. The molecule has 0 aliphatic heterocycles. The molecule has 2 rings (SSSR count). The van der Waals surface area contributed by atoms with Gasteiger partial charge >= 0.3 is 0 Å². The molecule has 3 nitrogen and oxygen atoms in total. The van der Waals surface area contributed by atoms with Crippen LogP contribution in [0.15, 0.2) is 30.3 Å². The fourth-order valence-electron chi connectivity index (χ4n) is 2.21. The molecule has 0 bridgehead atoms. The van der Waals surface area contributed by atoms with Gasteiger partial charge < -0.3 is 5.32 Å². The van der Waals surface area contributed by atoms with Gasteiger partial charge in [0, 0.05) is 24.2 Å². The lowest BCUT2D eigenvalue weighted by Gasteiger charge is -2.16. The Labute approximate surface area is 119 Å². The average Bonchev–Trinajstić information content (AvgIpc) is 2.77. The zero-order chi connectivity index (χ0) is 13.8. The highest BCUT2D eigenvalue weighted by atomic mass is 35.5. The van der Waals surface area contributed by atoms with Gasteiger partial charge in [0.1, 0.15) is 0 Å². The quantitative estimate of drug-likeness (QED) is 0.903. The molecule has 1 aromatic carbocycles. The third kappa shape index (κ3) is 3.37. The minimum Gasteiger partial charge on any atom is -0.305 e. The van der Waals surface area contributed by atoms with Crippen LogP contribution in [0.5, 0.6) is 0 Å². The smallest absolute Gasteiger partial charge is 0.0597 e. The molecule has 1 heterocycles. The van der Waals surface area contributed by atoms with E-state index in [0.717, 1.165) is 29.4 Å². The molecule has 2 aromatic rings. The van der Waals surface area contributed by atoms with Gasteiger partial charge in [0.05, 0.1) is 11.4 Å². The van der Waals surface area contributed by atoms with Gasteiger partial charge in [0.2, 0.25) is 0 Å². The Morgan fingerprint density at radius 2 is 2.11 bits per heavy atom. The minimum absolute atomic E-state index is 0.217. The number of hydrogen-bond donors (Lipinski definition) is 1. The van der Waals surface area contributed by atoms with E-state index < -0.39 is 0 Å². The predicted octanol–water partition coefficient (Wildman–Crippen LogP) is 3.72. The third-order valence-electron chi connectivity index (χ3n) is 3.25. The normalized spacial score (nSPS) is 12.6. The SMILES string of the molecule is CCn1nc(C)cc1CN[C@@H](C)c1ccccc1Cl. The average molecular weight is 278 g/mol. The molecular formula is C15H20ClN3. The molecule has 0 spiro atoms. The zero-order valence-corrected chi connectivity index (χ0v) is 12.4. The first-order valence-electron chi connectivity index (χ1n) is 6.63. The van der Waals surface area contributed by atoms with E-state index in [2.05, 4.69) is 36.4 Å². The fraction of sp³-hybridized carbons (Fsp3) is 0.400. The molecular weight excluding hydrogens is 258 g/mol. The van der Waals surface area contributed by atoms with Crippen molar-refractivity contribution in [2.75, 3.05) is 0 Å². The van der Waals surface area contributed by atoms with Crippen molar-refractivity contribution in [3.8, 4) is 0 Å². The van der Waals surface area contributed by atoms with E-state index in [9.17, 15) is 0 Å². The summed E-state index contributed by atoms with van der Waals surface area (Å²) >= 11 is 6.21. The van der Waals surface area contributed by atoms with Crippen molar-refractivity contribution in [2.24, 2.45) is 0 Å². The van der Waals surface area contributed by atoms with E-state index in [-0.39, 0.29) is 6.04 Å². The standard InChI is InChI=1S/C15H20ClN3/c1-4-19-13(9-11(2)18-19)10-17-12(3)14-7-5-6-8-15(14)16/h5-9,12,17H,4,10H2,1-3H3/t12-/m0/s1. The van der Waals surface area contributed by atoms with Crippen LogP contribution in [0.1, 0.15) is 36.8 Å². The maximum atomic E-state index is 6.21. The third-order valence-corrected chi connectivity index (χ3v) is 3.59. The first-order valence-corrected chi connectivity index (χ1v) is 7.00. The molecule has 0 aliphatic carbocycles. The van der Waals surface area contributed by atoms with Crippen molar-refractivity contribution in [1.29, 1.82) is 0 Å². The van der Waals surface area contributed by atoms with Gasteiger partial charge in [-0.1, -0.05) is 29.8 Å². The van der Waals surface area contributed by atoms with Crippen molar-refractivity contribution in [3.63, 3.8) is 0 Å². The summed E-state index contributed by atoms with van der Waals surface area (Å²) in [4.78, 5) is 0. The Bertz CT molecular complexity index is 548. The van der Waals surface area contributed by atoms with Gasteiger partial charge in [0.15, 0.2) is 0 Å². The van der Waals surface area contributed by atoms with E-state index in [1.54, 1.807) is 0 Å². The minimum atomic E-state index is 0.217. The summed E-state index contributed by atoms with van der Waals surface area (Å²) in [6.07, 6.45) is 0. The zero-order valence-electron chi connectivity index (χ0n) is 11.7. The van der Waals surface area contributed by atoms with E-state index in [0.29, 0.717) is 0 Å². The Morgan fingerprint density at radius 1 is 1.37 bits per heavy atom. The highest BCUT2D eigenvalue weighted by Gasteiger charge is 2.10. The molecule has 1 atom stereocenters. The monoisotopic (exact) mass is 277 g/mol. The molecule has 102 valence electrons. The summed E-state index contributed by atoms with van der Waals surface area (Å²) in [5.74, 6) is 0. The molecule has 1 N–H and O–H groups in total. The van der Waals surface area contributed by atoms with Crippen LogP contribution in [-0.2, 0) is 13.1 Å². The second-order valence-corrected chi connectivity index (χ2v) is 5.12. The maximum Gasteiger partial charge on any atom is 0.0597 e. The van der Waals surface area contributed by atoms with Crippen LogP contribution in [0.25, 0.3) is 0 Å². The van der Waals surface area contributed by atoms with Crippen LogP contribution in [0, 0.1) is 6.92 Å². The predicted molar refractivity (Wildman–Crippen MR) is 79.3 cm³/mol. The molecule has 0 saturated carbocycles. The number of benzene rings is 1. The first-order chi connectivity index (χ1) is 9.11. The second-order valence-electron chi connectivity index (χ2n) is 4.72. The van der Waals surface area contributed by atoms with Crippen molar-refractivity contribution < 1.29 is 0 Å². The molecule has 0 fully saturated rings. The molecule has 0 radical (unpaired) electrons. The Kier molecular flexibility index (Phi) is 4.61. The van der Waals surface area contributed by atoms with Crippen LogP contribution < -0.4 is 5.32 Å². The van der Waals surface area contributed by atoms with Crippen molar-refractivity contribution in [2.45, 2.75) is 39.9 Å². The van der Waals surface area contributed by atoms with Crippen LogP contribution >= 0.6 is 11.6 Å². The number of aromatic nitrogens is 2. The Balaban J connectivity index is 2.04. The van der Waals surface area contributed by atoms with Gasteiger partial charge in [-0.3, -0.25) is 4.68 Å². The lowest BCUT2D eigenvalue weighted by Crippen LogP contribution is -2.20. The number of hydrogen-bond acceptors (Lipinski definition) is 2. The molecule has 0 unspecified atom stereocenters. The summed E-state index contributed by atoms with van der Waals surface area (Å²) in [5, 5.41) is 8.75. The largest absolute Gasteiger partial charge is 0.305 e. The fourth-order valence-corrected chi connectivity index (χ4v) is 2.51. The highest BCUT2D eigenvalue weighted by Crippen LogP contribution is 2.22. The summed E-state index contributed by atoms with van der Waals surface area (Å²) in [7, 11) is 0. The number of aryl methyl sites for hydroxylation is 2. The van der Waals surface area contributed by atoms with Crippen molar-refractivity contribution in [3.05, 3.63) is 52.3 Å². The number of rotatable bonds is 5. The van der Waals surface area contributed by atoms with Crippen LogP contribution in [0.2, 0.25) is 5.02 Å². The number of nitrogens with zero attached hydrogens (tertiary/aromatic N) is 2. The van der Waals surface area contributed by atoms with Crippen molar-refractivity contribution in [1.82, 2.24) is 15.1 Å². The molecule has 0 amide bonds. The second kappa shape index (κ2) is 6.22. The topological polar surface area (TPSA) is 29.9 Å². The lowest BCUT2D eigenvalue weighted by atomic mass is 10.1. The van der Waals surface area contributed by atoms with E-state index in [1.165, 1.54) is 5.69 Å². The lowest BCUT2D eigenvalue weighted by molar-refractivity contribution is 0.531.